The van der Waals surface area contributed by atoms with Gasteiger partial charge in [-0.2, -0.15) is 0 Å². The van der Waals surface area contributed by atoms with Crippen LogP contribution in [0.5, 0.6) is 0 Å². The highest BCUT2D eigenvalue weighted by Gasteiger charge is 2.17. The first-order valence-electron chi connectivity index (χ1n) is 7.69. The Morgan fingerprint density at radius 3 is 2.29 bits per heavy atom. The zero-order chi connectivity index (χ0) is 17.7. The van der Waals surface area contributed by atoms with Gasteiger partial charge in [0.25, 0.3) is 5.91 Å². The molecule has 0 radical (unpaired) electrons. The molecule has 0 aliphatic heterocycles. The van der Waals surface area contributed by atoms with Gasteiger partial charge in [0.2, 0.25) is 0 Å². The predicted molar refractivity (Wildman–Crippen MR) is 101 cm³/mol. The lowest BCUT2D eigenvalue weighted by molar-refractivity contribution is -0.127. The van der Waals surface area contributed by atoms with Gasteiger partial charge in [-0.1, -0.05) is 60.5 Å². The fourth-order valence-electron chi connectivity index (χ4n) is 2.23. The van der Waals surface area contributed by atoms with Crippen molar-refractivity contribution in [3.8, 4) is 11.1 Å². The van der Waals surface area contributed by atoms with Crippen LogP contribution < -0.4 is 5.73 Å². The summed E-state index contributed by atoms with van der Waals surface area (Å²) in [5.41, 5.74) is 8.83. The number of nitrogens with two attached hydrogens (primary N) is 1. The summed E-state index contributed by atoms with van der Waals surface area (Å²) in [5, 5.41) is 1.07. The maximum atomic E-state index is 11.8. The van der Waals surface area contributed by atoms with E-state index in [2.05, 4.69) is 0 Å². The summed E-state index contributed by atoms with van der Waals surface area (Å²) in [6, 6.07) is 13.0. The van der Waals surface area contributed by atoms with Gasteiger partial charge in [0.15, 0.2) is 0 Å². The van der Waals surface area contributed by atoms with Crippen LogP contribution in [0.3, 0.4) is 0 Å². The van der Waals surface area contributed by atoms with Crippen LogP contribution in [-0.4, -0.2) is 22.9 Å². The Balaban J connectivity index is 1.99. The molecular weight excluding hydrogens is 367 g/mol. The van der Waals surface area contributed by atoms with Crippen molar-refractivity contribution in [3.05, 3.63) is 58.1 Å². The Kier molecular flexibility index (Phi) is 6.93. The minimum absolute atomic E-state index is 0.244. The van der Waals surface area contributed by atoms with E-state index >= 15 is 0 Å². The van der Waals surface area contributed by atoms with E-state index in [-0.39, 0.29) is 5.91 Å². The average Bonchev–Trinajstić information content (AvgIpc) is 2.61. The molecule has 0 spiro atoms. The van der Waals surface area contributed by atoms with E-state index in [1.807, 2.05) is 43.3 Å². The third kappa shape index (κ3) is 4.87. The van der Waals surface area contributed by atoms with Crippen LogP contribution in [0, 0.1) is 0 Å². The summed E-state index contributed by atoms with van der Waals surface area (Å²) in [7, 11) is 0. The van der Waals surface area contributed by atoms with Gasteiger partial charge < -0.3 is 5.73 Å². The molecule has 0 aliphatic rings. The van der Waals surface area contributed by atoms with Crippen molar-refractivity contribution in [1.82, 2.24) is 4.42 Å². The van der Waals surface area contributed by atoms with Gasteiger partial charge in [-0.3, -0.25) is 9.21 Å². The topological polar surface area (TPSA) is 46.3 Å². The normalized spacial score (nSPS) is 12.0. The highest BCUT2D eigenvalue weighted by molar-refractivity contribution is 6.42. The summed E-state index contributed by atoms with van der Waals surface area (Å²) in [6.07, 6.45) is 1.23. The van der Waals surface area contributed by atoms with E-state index in [0.717, 1.165) is 16.7 Å². The number of carbonyl (C=O) groups is 1. The molecule has 2 aromatic carbocycles. The number of nitrogens with zero attached hydrogens (tertiary/aromatic N) is 1. The van der Waals surface area contributed by atoms with Crippen molar-refractivity contribution < 1.29 is 4.79 Å². The molecule has 2 aromatic rings. The molecule has 0 heterocycles. The first kappa shape index (κ1) is 19.1. The molecule has 0 aliphatic carbocycles. The standard InChI is InChI=1S/C18H19Cl3N2O/c1-2-17(22)18(24)23(21)10-9-12-3-5-13(6-4-12)14-7-8-15(19)16(20)11-14/h3-8,11,17H,2,9-10,22H2,1H3/t17-/m0/s1. The molecule has 2 rings (SSSR count). The summed E-state index contributed by atoms with van der Waals surface area (Å²) < 4.78 is 1.17. The van der Waals surface area contributed by atoms with Crippen LogP contribution in [0.2, 0.25) is 10.0 Å². The van der Waals surface area contributed by atoms with E-state index < -0.39 is 6.04 Å². The maximum absolute atomic E-state index is 11.8. The van der Waals surface area contributed by atoms with Gasteiger partial charge in [0, 0.05) is 18.3 Å². The van der Waals surface area contributed by atoms with Crippen molar-refractivity contribution in [2.24, 2.45) is 5.73 Å². The van der Waals surface area contributed by atoms with Crippen molar-refractivity contribution in [1.29, 1.82) is 0 Å². The van der Waals surface area contributed by atoms with Gasteiger partial charge in [0.1, 0.15) is 0 Å². The summed E-state index contributed by atoms with van der Waals surface area (Å²) >= 11 is 18.0. The van der Waals surface area contributed by atoms with Crippen molar-refractivity contribution >= 4 is 40.9 Å². The lowest BCUT2D eigenvalue weighted by Gasteiger charge is -2.17. The van der Waals surface area contributed by atoms with E-state index in [1.54, 1.807) is 6.07 Å². The number of carbonyl (C=O) groups excluding carboxylic acids is 1. The molecule has 0 saturated heterocycles. The van der Waals surface area contributed by atoms with E-state index in [9.17, 15) is 4.79 Å². The number of amides is 1. The molecule has 0 aromatic heterocycles. The number of halogens is 3. The molecule has 3 nitrogen and oxygen atoms in total. The zero-order valence-corrected chi connectivity index (χ0v) is 15.6. The fourth-order valence-corrected chi connectivity index (χ4v) is 2.74. The Bertz CT molecular complexity index is 704. The number of benzene rings is 2. The van der Waals surface area contributed by atoms with Crippen LogP contribution in [0.15, 0.2) is 42.5 Å². The molecule has 0 fully saturated rings. The van der Waals surface area contributed by atoms with Crippen molar-refractivity contribution in [2.45, 2.75) is 25.8 Å². The van der Waals surface area contributed by atoms with Crippen LogP contribution in [0.25, 0.3) is 11.1 Å². The van der Waals surface area contributed by atoms with Gasteiger partial charge in [-0.25, -0.2) is 0 Å². The summed E-state index contributed by atoms with van der Waals surface area (Å²) in [5.74, 6) is -0.244. The average molecular weight is 386 g/mol. The van der Waals surface area contributed by atoms with Crippen molar-refractivity contribution in [3.63, 3.8) is 0 Å². The SMILES string of the molecule is CC[C@H](N)C(=O)N(Cl)CCc1ccc(-c2ccc(Cl)c(Cl)c2)cc1. The highest BCUT2D eigenvalue weighted by atomic mass is 35.5. The Labute approximate surface area is 157 Å². The second-order valence-corrected chi connectivity index (χ2v) is 6.74. The van der Waals surface area contributed by atoms with E-state index in [0.29, 0.717) is 29.4 Å². The third-order valence-electron chi connectivity index (χ3n) is 3.80. The summed E-state index contributed by atoms with van der Waals surface area (Å²) in [6.45, 7) is 2.27. The number of hydrogen-bond donors (Lipinski definition) is 1. The minimum Gasteiger partial charge on any atom is -0.320 e. The molecule has 24 heavy (non-hydrogen) atoms. The van der Waals surface area contributed by atoms with Gasteiger partial charge in [-0.05, 0) is 41.7 Å². The Morgan fingerprint density at radius 2 is 1.71 bits per heavy atom. The second kappa shape index (κ2) is 8.72. The predicted octanol–water partition coefficient (Wildman–Crippen LogP) is 4.92. The van der Waals surface area contributed by atoms with Gasteiger partial charge >= 0.3 is 0 Å². The van der Waals surface area contributed by atoms with Crippen LogP contribution in [-0.2, 0) is 11.2 Å². The maximum Gasteiger partial charge on any atom is 0.253 e. The Morgan fingerprint density at radius 1 is 1.08 bits per heavy atom. The highest BCUT2D eigenvalue weighted by Crippen LogP contribution is 2.28. The lowest BCUT2D eigenvalue weighted by atomic mass is 10.0. The van der Waals surface area contributed by atoms with Crippen LogP contribution in [0.1, 0.15) is 18.9 Å². The van der Waals surface area contributed by atoms with E-state index in [1.165, 1.54) is 4.42 Å². The molecule has 128 valence electrons. The van der Waals surface area contributed by atoms with Crippen LogP contribution in [0.4, 0.5) is 0 Å². The van der Waals surface area contributed by atoms with Crippen molar-refractivity contribution in [2.75, 3.05) is 6.54 Å². The molecule has 0 saturated carbocycles. The molecule has 2 N–H and O–H groups in total. The first-order chi connectivity index (χ1) is 11.4. The van der Waals surface area contributed by atoms with Gasteiger partial charge in [-0.15, -0.1) is 0 Å². The Hall–Kier alpha value is -1.26. The molecular formula is C18H19Cl3N2O. The molecule has 1 amide bonds. The van der Waals surface area contributed by atoms with Crippen LogP contribution >= 0.6 is 35.0 Å². The first-order valence-corrected chi connectivity index (χ1v) is 8.79. The third-order valence-corrected chi connectivity index (χ3v) is 4.87. The smallest absolute Gasteiger partial charge is 0.253 e. The number of rotatable bonds is 6. The fraction of sp³-hybridized carbons (Fsp3) is 0.278. The largest absolute Gasteiger partial charge is 0.320 e. The summed E-state index contributed by atoms with van der Waals surface area (Å²) in [4.78, 5) is 11.8. The molecule has 0 bridgehead atoms. The van der Waals surface area contributed by atoms with E-state index in [4.69, 9.17) is 40.7 Å². The zero-order valence-electron chi connectivity index (χ0n) is 13.3. The molecule has 0 unspecified atom stereocenters. The monoisotopic (exact) mass is 384 g/mol. The quantitative estimate of drug-likeness (QED) is 0.717. The minimum atomic E-state index is -0.542. The molecule has 1 atom stereocenters. The molecule has 6 heteroatoms. The lowest BCUT2D eigenvalue weighted by Crippen LogP contribution is -2.39. The second-order valence-electron chi connectivity index (χ2n) is 5.51. The van der Waals surface area contributed by atoms with Gasteiger partial charge in [0.05, 0.1) is 16.1 Å². The number of hydrogen-bond acceptors (Lipinski definition) is 2.